The van der Waals surface area contributed by atoms with Crippen molar-refractivity contribution in [3.63, 3.8) is 0 Å². The van der Waals surface area contributed by atoms with Gasteiger partial charge in [0.25, 0.3) is 0 Å². The lowest BCUT2D eigenvalue weighted by atomic mass is 10.0. The monoisotopic (exact) mass is 394 g/mol. The fourth-order valence-corrected chi connectivity index (χ4v) is 3.78. The standard InChI is InChI=1S/C23H26N2O4/c1-4-15-9-8-10-16(5-2)21(15)25-14-17(13-20(25)26)22(27)24-19-12-7-6-11-18(19)23(28)29-3/h6-12,17H,4-5,13-14H2,1-3H3,(H,24,27). The zero-order valence-corrected chi connectivity index (χ0v) is 17.0. The van der Waals surface area contributed by atoms with Crippen molar-refractivity contribution in [3.05, 3.63) is 59.2 Å². The second kappa shape index (κ2) is 8.90. The van der Waals surface area contributed by atoms with Crippen LogP contribution in [-0.2, 0) is 27.2 Å². The molecule has 0 bridgehead atoms. The second-order valence-electron chi connectivity index (χ2n) is 7.06. The summed E-state index contributed by atoms with van der Waals surface area (Å²) in [7, 11) is 1.30. The molecule has 0 spiro atoms. The number of esters is 1. The minimum atomic E-state index is -0.519. The number of hydrogen-bond acceptors (Lipinski definition) is 4. The summed E-state index contributed by atoms with van der Waals surface area (Å²) in [5.74, 6) is -1.33. The minimum absolute atomic E-state index is 0.0537. The van der Waals surface area contributed by atoms with Crippen molar-refractivity contribution in [2.24, 2.45) is 5.92 Å². The average molecular weight is 394 g/mol. The summed E-state index contributed by atoms with van der Waals surface area (Å²) in [4.78, 5) is 39.3. The molecule has 1 atom stereocenters. The van der Waals surface area contributed by atoms with Gasteiger partial charge in [-0.15, -0.1) is 0 Å². The highest BCUT2D eigenvalue weighted by Gasteiger charge is 2.37. The van der Waals surface area contributed by atoms with Gasteiger partial charge in [-0.25, -0.2) is 4.79 Å². The third-order valence-electron chi connectivity index (χ3n) is 5.32. The lowest BCUT2D eigenvalue weighted by Gasteiger charge is -2.23. The Labute approximate surface area is 170 Å². The van der Waals surface area contributed by atoms with Crippen LogP contribution in [0.15, 0.2) is 42.5 Å². The van der Waals surface area contributed by atoms with E-state index >= 15 is 0 Å². The van der Waals surface area contributed by atoms with E-state index in [1.54, 1.807) is 29.2 Å². The summed E-state index contributed by atoms with van der Waals surface area (Å²) in [6.45, 7) is 4.45. The zero-order chi connectivity index (χ0) is 21.0. The number of anilines is 2. The largest absolute Gasteiger partial charge is 0.465 e. The molecule has 3 rings (SSSR count). The number of carbonyl (C=O) groups is 3. The summed E-state index contributed by atoms with van der Waals surface area (Å²) >= 11 is 0. The molecule has 2 aromatic rings. The third kappa shape index (κ3) is 4.16. The van der Waals surface area contributed by atoms with Crippen molar-refractivity contribution < 1.29 is 19.1 Å². The van der Waals surface area contributed by atoms with Crippen LogP contribution in [0.25, 0.3) is 0 Å². The predicted molar refractivity (Wildman–Crippen MR) is 112 cm³/mol. The molecule has 0 radical (unpaired) electrons. The summed E-state index contributed by atoms with van der Waals surface area (Å²) in [5, 5.41) is 2.80. The second-order valence-corrected chi connectivity index (χ2v) is 7.06. The van der Waals surface area contributed by atoms with Crippen LogP contribution >= 0.6 is 0 Å². The summed E-state index contributed by atoms with van der Waals surface area (Å²) in [6, 6.07) is 12.8. The number of nitrogens with zero attached hydrogens (tertiary/aromatic N) is 1. The molecule has 6 nitrogen and oxygen atoms in total. The number of benzene rings is 2. The number of ether oxygens (including phenoxy) is 1. The molecule has 29 heavy (non-hydrogen) atoms. The predicted octanol–water partition coefficient (Wildman–Crippen LogP) is 3.59. The first-order valence-corrected chi connectivity index (χ1v) is 9.89. The fraction of sp³-hybridized carbons (Fsp3) is 0.348. The molecule has 6 heteroatoms. The molecule has 1 aliphatic rings. The molecule has 2 amide bonds. The van der Waals surface area contributed by atoms with Gasteiger partial charge in [0.15, 0.2) is 0 Å². The number of methoxy groups -OCH3 is 1. The first kappa shape index (κ1) is 20.6. The highest BCUT2D eigenvalue weighted by Crippen LogP contribution is 2.33. The number of amides is 2. The topological polar surface area (TPSA) is 75.7 Å². The van der Waals surface area contributed by atoms with Crippen LogP contribution in [-0.4, -0.2) is 31.4 Å². The molecule has 1 unspecified atom stereocenters. The molecule has 1 N–H and O–H groups in total. The van der Waals surface area contributed by atoms with E-state index in [0.29, 0.717) is 12.2 Å². The number of para-hydroxylation sites is 2. The average Bonchev–Trinajstić information content (AvgIpc) is 3.14. The van der Waals surface area contributed by atoms with Gasteiger partial charge in [-0.3, -0.25) is 9.59 Å². The van der Waals surface area contributed by atoms with Crippen molar-refractivity contribution in [2.75, 3.05) is 23.9 Å². The molecule has 0 aromatic heterocycles. The Hall–Kier alpha value is -3.15. The van der Waals surface area contributed by atoms with Crippen LogP contribution in [0.5, 0.6) is 0 Å². The fourth-order valence-electron chi connectivity index (χ4n) is 3.78. The van der Waals surface area contributed by atoms with Crippen LogP contribution in [0.4, 0.5) is 11.4 Å². The highest BCUT2D eigenvalue weighted by atomic mass is 16.5. The lowest BCUT2D eigenvalue weighted by Crippen LogP contribution is -2.30. The Bertz CT molecular complexity index is 916. The van der Waals surface area contributed by atoms with E-state index in [2.05, 4.69) is 19.2 Å². The normalized spacial score (nSPS) is 16.0. The zero-order valence-electron chi connectivity index (χ0n) is 17.0. The SMILES string of the molecule is CCc1cccc(CC)c1N1CC(C(=O)Nc2ccccc2C(=O)OC)CC1=O. The Kier molecular flexibility index (Phi) is 6.32. The van der Waals surface area contributed by atoms with Crippen molar-refractivity contribution in [3.8, 4) is 0 Å². The van der Waals surface area contributed by atoms with Crippen molar-refractivity contribution in [2.45, 2.75) is 33.1 Å². The summed E-state index contributed by atoms with van der Waals surface area (Å²) in [5.41, 5.74) is 3.82. The van der Waals surface area contributed by atoms with Crippen LogP contribution in [0.2, 0.25) is 0 Å². The summed E-state index contributed by atoms with van der Waals surface area (Å²) in [6.07, 6.45) is 1.78. The van der Waals surface area contributed by atoms with Gasteiger partial charge in [-0.05, 0) is 36.1 Å². The first-order valence-electron chi connectivity index (χ1n) is 9.89. The van der Waals surface area contributed by atoms with Crippen molar-refractivity contribution in [1.82, 2.24) is 0 Å². The minimum Gasteiger partial charge on any atom is -0.465 e. The van der Waals surface area contributed by atoms with Gasteiger partial charge < -0.3 is 15.0 Å². The van der Waals surface area contributed by atoms with Gasteiger partial charge >= 0.3 is 5.97 Å². The maximum absolute atomic E-state index is 12.9. The molecule has 1 fully saturated rings. The number of hydrogen-bond donors (Lipinski definition) is 1. The van der Waals surface area contributed by atoms with Crippen molar-refractivity contribution in [1.29, 1.82) is 0 Å². The van der Waals surface area contributed by atoms with E-state index < -0.39 is 11.9 Å². The quantitative estimate of drug-likeness (QED) is 0.760. The molecule has 1 saturated heterocycles. The molecule has 152 valence electrons. The van der Waals surface area contributed by atoms with Gasteiger partial charge in [0, 0.05) is 18.7 Å². The number of nitrogens with one attached hydrogen (secondary N) is 1. The Morgan fingerprint density at radius 2 is 1.72 bits per heavy atom. The van der Waals surface area contributed by atoms with Gasteiger partial charge in [0.1, 0.15) is 0 Å². The molecule has 1 heterocycles. The van der Waals surface area contributed by atoms with E-state index in [4.69, 9.17) is 4.74 Å². The summed E-state index contributed by atoms with van der Waals surface area (Å²) < 4.78 is 4.77. The van der Waals surface area contributed by atoms with Crippen LogP contribution in [0, 0.1) is 5.92 Å². The third-order valence-corrected chi connectivity index (χ3v) is 5.32. The number of rotatable bonds is 6. The van der Waals surface area contributed by atoms with Crippen LogP contribution in [0.3, 0.4) is 0 Å². The maximum atomic E-state index is 12.9. The van der Waals surface area contributed by atoms with Gasteiger partial charge in [0.05, 0.1) is 24.3 Å². The first-order chi connectivity index (χ1) is 14.0. The van der Waals surface area contributed by atoms with Gasteiger partial charge in [-0.1, -0.05) is 44.2 Å². The lowest BCUT2D eigenvalue weighted by molar-refractivity contribution is -0.122. The van der Waals surface area contributed by atoms with E-state index in [0.717, 1.165) is 29.7 Å². The van der Waals surface area contributed by atoms with Crippen LogP contribution < -0.4 is 10.2 Å². The van der Waals surface area contributed by atoms with Gasteiger partial charge in [-0.2, -0.15) is 0 Å². The highest BCUT2D eigenvalue weighted by molar-refractivity contribution is 6.06. The number of carbonyl (C=O) groups excluding carboxylic acids is 3. The van der Waals surface area contributed by atoms with E-state index in [1.807, 2.05) is 18.2 Å². The molecule has 0 aliphatic carbocycles. The Balaban J connectivity index is 1.82. The van der Waals surface area contributed by atoms with Gasteiger partial charge in [0.2, 0.25) is 11.8 Å². The van der Waals surface area contributed by atoms with E-state index in [9.17, 15) is 14.4 Å². The molecule has 2 aromatic carbocycles. The number of aryl methyl sites for hydroxylation is 2. The smallest absolute Gasteiger partial charge is 0.339 e. The molecular formula is C23H26N2O4. The maximum Gasteiger partial charge on any atom is 0.339 e. The molecular weight excluding hydrogens is 368 g/mol. The molecule has 1 aliphatic heterocycles. The van der Waals surface area contributed by atoms with Crippen molar-refractivity contribution >= 4 is 29.2 Å². The van der Waals surface area contributed by atoms with E-state index in [-0.39, 0.29) is 23.8 Å². The Morgan fingerprint density at radius 1 is 1.07 bits per heavy atom. The van der Waals surface area contributed by atoms with Crippen LogP contribution in [0.1, 0.15) is 41.8 Å². The van der Waals surface area contributed by atoms with E-state index in [1.165, 1.54) is 7.11 Å². The Morgan fingerprint density at radius 3 is 2.34 bits per heavy atom. The molecule has 0 saturated carbocycles.